The van der Waals surface area contributed by atoms with E-state index in [1.807, 2.05) is 0 Å². The van der Waals surface area contributed by atoms with Crippen LogP contribution < -0.4 is 5.73 Å². The third kappa shape index (κ3) is 1.88. The van der Waals surface area contributed by atoms with Gasteiger partial charge in [0, 0.05) is 11.5 Å². The lowest BCUT2D eigenvalue weighted by molar-refractivity contribution is 0.0184. The summed E-state index contributed by atoms with van der Waals surface area (Å²) in [6.07, 6.45) is 8.39. The van der Waals surface area contributed by atoms with Crippen molar-refractivity contribution in [2.75, 3.05) is 6.61 Å². The van der Waals surface area contributed by atoms with Crippen LogP contribution in [0.5, 0.6) is 0 Å². The average molecular weight is 245 g/mol. The molecule has 0 saturated heterocycles. The highest BCUT2D eigenvalue weighted by atomic mass is 16.3. The number of aryl methyl sites for hydroxylation is 2. The molecule has 2 aliphatic rings. The fourth-order valence-electron chi connectivity index (χ4n) is 3.50. The Hall–Kier alpha value is -0.860. The van der Waals surface area contributed by atoms with Crippen LogP contribution in [0.2, 0.25) is 0 Å². The second kappa shape index (κ2) is 4.67. The Morgan fingerprint density at radius 3 is 2.44 bits per heavy atom. The SMILES string of the molecule is NC(c1ccc2c(c1)CCCC2)C1(CO)CCC1. The minimum absolute atomic E-state index is 0.00322. The van der Waals surface area contributed by atoms with Crippen molar-refractivity contribution in [3.05, 3.63) is 34.9 Å². The summed E-state index contributed by atoms with van der Waals surface area (Å²) in [6.45, 7) is 0.227. The van der Waals surface area contributed by atoms with Crippen molar-refractivity contribution in [3.8, 4) is 0 Å². The summed E-state index contributed by atoms with van der Waals surface area (Å²) >= 11 is 0. The van der Waals surface area contributed by atoms with E-state index in [2.05, 4.69) is 18.2 Å². The zero-order valence-corrected chi connectivity index (χ0v) is 11.0. The Morgan fingerprint density at radius 1 is 1.11 bits per heavy atom. The second-order valence-corrected chi connectivity index (χ2v) is 6.09. The van der Waals surface area contributed by atoms with Gasteiger partial charge < -0.3 is 10.8 Å². The predicted octanol–water partition coefficient (Wildman–Crippen LogP) is 2.73. The van der Waals surface area contributed by atoms with Crippen molar-refractivity contribution in [1.82, 2.24) is 0 Å². The minimum Gasteiger partial charge on any atom is -0.396 e. The lowest BCUT2D eigenvalue weighted by Crippen LogP contribution is -2.43. The Kier molecular flexibility index (Phi) is 3.16. The molecule has 98 valence electrons. The van der Waals surface area contributed by atoms with E-state index in [1.54, 1.807) is 0 Å². The van der Waals surface area contributed by atoms with Crippen LogP contribution in [0.4, 0.5) is 0 Å². The first-order chi connectivity index (χ1) is 8.75. The van der Waals surface area contributed by atoms with Gasteiger partial charge >= 0.3 is 0 Å². The van der Waals surface area contributed by atoms with Crippen LogP contribution in [-0.2, 0) is 12.8 Å². The topological polar surface area (TPSA) is 46.2 Å². The summed E-state index contributed by atoms with van der Waals surface area (Å²) in [5, 5.41) is 9.63. The number of benzene rings is 1. The number of aliphatic hydroxyl groups is 1. The van der Waals surface area contributed by atoms with Crippen molar-refractivity contribution < 1.29 is 5.11 Å². The highest BCUT2D eigenvalue weighted by molar-refractivity contribution is 5.36. The largest absolute Gasteiger partial charge is 0.396 e. The van der Waals surface area contributed by atoms with E-state index in [1.165, 1.54) is 48.8 Å². The van der Waals surface area contributed by atoms with Crippen LogP contribution in [0.1, 0.15) is 54.8 Å². The molecular formula is C16H23NO. The number of hydrogen-bond donors (Lipinski definition) is 2. The lowest BCUT2D eigenvalue weighted by atomic mass is 9.63. The van der Waals surface area contributed by atoms with Gasteiger partial charge in [-0.1, -0.05) is 24.6 Å². The van der Waals surface area contributed by atoms with Gasteiger partial charge in [-0.3, -0.25) is 0 Å². The Bertz CT molecular complexity index is 431. The molecule has 0 amide bonds. The van der Waals surface area contributed by atoms with Crippen molar-refractivity contribution >= 4 is 0 Å². The first-order valence-corrected chi connectivity index (χ1v) is 7.23. The lowest BCUT2D eigenvalue weighted by Gasteiger charge is -2.45. The maximum atomic E-state index is 9.63. The van der Waals surface area contributed by atoms with Gasteiger partial charge in [-0.25, -0.2) is 0 Å². The Balaban J connectivity index is 1.87. The monoisotopic (exact) mass is 245 g/mol. The number of nitrogens with two attached hydrogens (primary N) is 1. The molecule has 1 aromatic carbocycles. The molecule has 0 heterocycles. The predicted molar refractivity (Wildman–Crippen MR) is 73.4 cm³/mol. The molecule has 1 atom stereocenters. The van der Waals surface area contributed by atoms with Gasteiger partial charge in [-0.05, 0) is 55.2 Å². The maximum Gasteiger partial charge on any atom is 0.0505 e. The molecule has 3 N–H and O–H groups in total. The molecule has 3 rings (SSSR count). The standard InChI is InChI=1S/C16H23NO/c17-15(16(11-18)8-3-9-16)14-7-6-12-4-1-2-5-13(12)10-14/h6-7,10,15,18H,1-5,8-9,11,17H2. The Morgan fingerprint density at radius 2 is 1.83 bits per heavy atom. The van der Waals surface area contributed by atoms with Crippen LogP contribution in [0, 0.1) is 5.41 Å². The summed E-state index contributed by atoms with van der Waals surface area (Å²) in [7, 11) is 0. The third-order valence-electron chi connectivity index (χ3n) is 5.06. The first kappa shape index (κ1) is 12.2. The van der Waals surface area contributed by atoms with Crippen molar-refractivity contribution in [1.29, 1.82) is 0 Å². The number of aliphatic hydroxyl groups excluding tert-OH is 1. The van der Waals surface area contributed by atoms with Gasteiger partial charge in [0.25, 0.3) is 0 Å². The smallest absolute Gasteiger partial charge is 0.0505 e. The van der Waals surface area contributed by atoms with Crippen molar-refractivity contribution in [2.24, 2.45) is 11.1 Å². The molecule has 18 heavy (non-hydrogen) atoms. The van der Waals surface area contributed by atoms with Crippen LogP contribution >= 0.6 is 0 Å². The average Bonchev–Trinajstić information content (AvgIpc) is 2.37. The van der Waals surface area contributed by atoms with Gasteiger partial charge in [0.15, 0.2) is 0 Å². The van der Waals surface area contributed by atoms with Crippen LogP contribution in [0.3, 0.4) is 0 Å². The molecular weight excluding hydrogens is 222 g/mol. The summed E-state index contributed by atoms with van der Waals surface area (Å²) in [6, 6.07) is 6.75. The molecule has 0 aromatic heterocycles. The summed E-state index contributed by atoms with van der Waals surface area (Å²) in [5.74, 6) is 0. The van der Waals surface area contributed by atoms with Crippen molar-refractivity contribution in [2.45, 2.75) is 51.0 Å². The maximum absolute atomic E-state index is 9.63. The molecule has 1 aromatic rings. The fourth-order valence-corrected chi connectivity index (χ4v) is 3.50. The van der Waals surface area contributed by atoms with E-state index in [-0.39, 0.29) is 18.1 Å². The van der Waals surface area contributed by atoms with E-state index in [4.69, 9.17) is 5.73 Å². The molecule has 1 unspecified atom stereocenters. The summed E-state index contributed by atoms with van der Waals surface area (Å²) < 4.78 is 0. The molecule has 0 spiro atoms. The summed E-state index contributed by atoms with van der Waals surface area (Å²) in [4.78, 5) is 0. The summed E-state index contributed by atoms with van der Waals surface area (Å²) in [5.41, 5.74) is 10.6. The van der Waals surface area contributed by atoms with Crippen LogP contribution in [0.25, 0.3) is 0 Å². The van der Waals surface area contributed by atoms with Crippen LogP contribution in [0.15, 0.2) is 18.2 Å². The highest BCUT2D eigenvalue weighted by Gasteiger charge is 2.42. The zero-order valence-electron chi connectivity index (χ0n) is 11.0. The van der Waals surface area contributed by atoms with Crippen LogP contribution in [-0.4, -0.2) is 11.7 Å². The molecule has 2 nitrogen and oxygen atoms in total. The fraction of sp³-hybridized carbons (Fsp3) is 0.625. The molecule has 0 radical (unpaired) electrons. The van der Waals surface area contributed by atoms with Gasteiger partial charge in [-0.15, -0.1) is 0 Å². The molecule has 2 heteroatoms. The molecule has 2 aliphatic carbocycles. The Labute approximate surface area is 109 Å². The number of fused-ring (bicyclic) bond motifs is 1. The first-order valence-electron chi connectivity index (χ1n) is 7.23. The van der Waals surface area contributed by atoms with Crippen molar-refractivity contribution in [3.63, 3.8) is 0 Å². The van der Waals surface area contributed by atoms with Gasteiger partial charge in [0.2, 0.25) is 0 Å². The second-order valence-electron chi connectivity index (χ2n) is 6.09. The van der Waals surface area contributed by atoms with Gasteiger partial charge in [-0.2, -0.15) is 0 Å². The number of hydrogen-bond acceptors (Lipinski definition) is 2. The quantitative estimate of drug-likeness (QED) is 0.860. The molecule has 0 bridgehead atoms. The van der Waals surface area contributed by atoms with Gasteiger partial charge in [0.05, 0.1) is 6.61 Å². The molecule has 1 saturated carbocycles. The molecule has 0 aliphatic heterocycles. The number of rotatable bonds is 3. The van der Waals surface area contributed by atoms with E-state index in [9.17, 15) is 5.11 Å². The minimum atomic E-state index is -0.0388. The highest BCUT2D eigenvalue weighted by Crippen LogP contribution is 2.48. The zero-order chi connectivity index (χ0) is 12.6. The van der Waals surface area contributed by atoms with E-state index >= 15 is 0 Å². The normalized spacial score (nSPS) is 23.0. The van der Waals surface area contributed by atoms with E-state index in [0.717, 1.165) is 12.8 Å². The van der Waals surface area contributed by atoms with E-state index < -0.39 is 0 Å². The molecule has 1 fully saturated rings. The van der Waals surface area contributed by atoms with E-state index in [0.29, 0.717) is 0 Å². The third-order valence-corrected chi connectivity index (χ3v) is 5.06. The van der Waals surface area contributed by atoms with Gasteiger partial charge in [0.1, 0.15) is 0 Å².